The maximum atomic E-state index is 11.7. The number of nitrogens with one attached hydrogen (secondary N) is 2. The summed E-state index contributed by atoms with van der Waals surface area (Å²) >= 11 is 6.02. The van der Waals surface area contributed by atoms with E-state index in [4.69, 9.17) is 11.6 Å². The van der Waals surface area contributed by atoms with Crippen molar-refractivity contribution in [1.82, 2.24) is 10.6 Å². The molecule has 0 aromatic heterocycles. The number of anilines is 1. The Morgan fingerprint density at radius 2 is 2.21 bits per heavy atom. The third-order valence-corrected chi connectivity index (χ3v) is 3.38. The Kier molecular flexibility index (Phi) is 4.07. The van der Waals surface area contributed by atoms with Crippen molar-refractivity contribution in [2.45, 2.75) is 19.5 Å². The third-order valence-electron chi connectivity index (χ3n) is 3.15. The van der Waals surface area contributed by atoms with E-state index in [1.54, 1.807) is 24.0 Å². The number of rotatable bonds is 3. The Morgan fingerprint density at radius 3 is 2.89 bits per heavy atom. The van der Waals surface area contributed by atoms with Gasteiger partial charge in [0.2, 0.25) is 11.8 Å². The van der Waals surface area contributed by atoms with Gasteiger partial charge in [-0.15, -0.1) is 0 Å². The molecule has 1 fully saturated rings. The highest BCUT2D eigenvalue weighted by atomic mass is 35.5. The molecule has 2 N–H and O–H groups in total. The second kappa shape index (κ2) is 5.59. The molecule has 102 valence electrons. The van der Waals surface area contributed by atoms with Crippen LogP contribution in [0.5, 0.6) is 0 Å². The number of hydrogen-bond donors (Lipinski definition) is 2. The first-order chi connectivity index (χ1) is 9.02. The lowest BCUT2D eigenvalue weighted by Gasteiger charge is -2.35. The van der Waals surface area contributed by atoms with Gasteiger partial charge in [-0.25, -0.2) is 0 Å². The van der Waals surface area contributed by atoms with E-state index in [1.807, 2.05) is 13.1 Å². The van der Waals surface area contributed by atoms with Gasteiger partial charge in [-0.3, -0.25) is 14.9 Å². The largest absolute Gasteiger partial charge is 0.350 e. The number of hydrogen-bond acceptors (Lipinski definition) is 4. The van der Waals surface area contributed by atoms with Crippen LogP contribution in [0.1, 0.15) is 12.5 Å². The maximum absolute atomic E-state index is 11.7. The lowest BCUT2D eigenvalue weighted by Crippen LogP contribution is -2.57. The zero-order chi connectivity index (χ0) is 14.0. The summed E-state index contributed by atoms with van der Waals surface area (Å²) < 4.78 is 0. The standard InChI is InChI=1S/C13H16ClN3O2/c1-8-13(19)16-12(18)7-17(8)11-5-10(14)4-3-9(11)6-15-2/h3-5,8,15H,6-7H2,1-2H3,(H,16,18,19). The monoisotopic (exact) mass is 281 g/mol. The van der Waals surface area contributed by atoms with Gasteiger partial charge in [-0.1, -0.05) is 17.7 Å². The predicted octanol–water partition coefficient (Wildman–Crippen LogP) is 0.911. The second-order valence-corrected chi connectivity index (χ2v) is 4.96. The summed E-state index contributed by atoms with van der Waals surface area (Å²) in [6, 6.07) is 5.09. The molecular formula is C13H16ClN3O2. The Hall–Kier alpha value is -1.59. The van der Waals surface area contributed by atoms with Crippen LogP contribution in [-0.4, -0.2) is 31.4 Å². The highest BCUT2D eigenvalue weighted by Crippen LogP contribution is 2.27. The van der Waals surface area contributed by atoms with Crippen LogP contribution >= 0.6 is 11.6 Å². The number of nitrogens with zero attached hydrogens (tertiary/aromatic N) is 1. The van der Waals surface area contributed by atoms with Gasteiger partial charge < -0.3 is 10.2 Å². The van der Waals surface area contributed by atoms with E-state index in [-0.39, 0.29) is 18.4 Å². The second-order valence-electron chi connectivity index (χ2n) is 4.52. The summed E-state index contributed by atoms with van der Waals surface area (Å²) in [5, 5.41) is 5.98. The van der Waals surface area contributed by atoms with E-state index in [0.717, 1.165) is 11.3 Å². The molecule has 0 aliphatic carbocycles. The van der Waals surface area contributed by atoms with E-state index in [1.165, 1.54) is 0 Å². The van der Waals surface area contributed by atoms with E-state index in [0.29, 0.717) is 11.6 Å². The lowest BCUT2D eigenvalue weighted by molar-refractivity contribution is -0.132. The molecule has 1 aliphatic rings. The average Bonchev–Trinajstić information content (AvgIpc) is 2.36. The van der Waals surface area contributed by atoms with Gasteiger partial charge in [0.15, 0.2) is 0 Å². The molecule has 0 spiro atoms. The zero-order valence-corrected chi connectivity index (χ0v) is 11.6. The Labute approximate surface area is 116 Å². The first-order valence-corrected chi connectivity index (χ1v) is 6.44. The summed E-state index contributed by atoms with van der Waals surface area (Å²) in [7, 11) is 1.84. The van der Waals surface area contributed by atoms with Crippen molar-refractivity contribution < 1.29 is 9.59 Å². The van der Waals surface area contributed by atoms with Gasteiger partial charge in [0.05, 0.1) is 6.54 Å². The summed E-state index contributed by atoms with van der Waals surface area (Å²) in [5.41, 5.74) is 1.82. The number of piperazine rings is 1. The fourth-order valence-electron chi connectivity index (χ4n) is 2.15. The van der Waals surface area contributed by atoms with Gasteiger partial charge in [0.1, 0.15) is 6.04 Å². The SMILES string of the molecule is CNCc1ccc(Cl)cc1N1CC(=O)NC(=O)C1C. The summed E-state index contributed by atoms with van der Waals surface area (Å²) in [6.07, 6.45) is 0. The first-order valence-electron chi connectivity index (χ1n) is 6.06. The molecule has 0 bridgehead atoms. The van der Waals surface area contributed by atoms with Crippen LogP contribution in [0.2, 0.25) is 5.02 Å². The first kappa shape index (κ1) is 13.8. The molecule has 19 heavy (non-hydrogen) atoms. The minimum absolute atomic E-state index is 0.157. The van der Waals surface area contributed by atoms with Crippen molar-refractivity contribution in [3.63, 3.8) is 0 Å². The quantitative estimate of drug-likeness (QED) is 0.809. The molecule has 1 atom stereocenters. The van der Waals surface area contributed by atoms with Crippen LogP contribution in [0.4, 0.5) is 5.69 Å². The van der Waals surface area contributed by atoms with Crippen molar-refractivity contribution >= 4 is 29.1 Å². The summed E-state index contributed by atoms with van der Waals surface area (Å²) in [5.74, 6) is -0.579. The Bertz CT molecular complexity index is 519. The lowest BCUT2D eigenvalue weighted by atomic mass is 10.1. The smallest absolute Gasteiger partial charge is 0.249 e. The van der Waals surface area contributed by atoms with Gasteiger partial charge >= 0.3 is 0 Å². The zero-order valence-electron chi connectivity index (χ0n) is 10.9. The molecular weight excluding hydrogens is 266 g/mol. The molecule has 5 nitrogen and oxygen atoms in total. The molecule has 6 heteroatoms. The Morgan fingerprint density at radius 1 is 1.47 bits per heavy atom. The number of benzene rings is 1. The van der Waals surface area contributed by atoms with Crippen LogP contribution < -0.4 is 15.5 Å². The van der Waals surface area contributed by atoms with Crippen LogP contribution in [0.15, 0.2) is 18.2 Å². The molecule has 0 saturated carbocycles. The van der Waals surface area contributed by atoms with Crippen LogP contribution in [-0.2, 0) is 16.1 Å². The highest BCUT2D eigenvalue weighted by molar-refractivity contribution is 6.30. The molecule has 2 amide bonds. The van der Waals surface area contributed by atoms with E-state index >= 15 is 0 Å². The van der Waals surface area contributed by atoms with Crippen molar-refractivity contribution in [2.75, 3.05) is 18.5 Å². The minimum atomic E-state index is -0.397. The van der Waals surface area contributed by atoms with E-state index in [9.17, 15) is 9.59 Å². The molecule has 1 unspecified atom stereocenters. The van der Waals surface area contributed by atoms with Crippen molar-refractivity contribution in [1.29, 1.82) is 0 Å². The Balaban J connectivity index is 2.41. The maximum Gasteiger partial charge on any atom is 0.249 e. The van der Waals surface area contributed by atoms with Crippen molar-refractivity contribution in [3.05, 3.63) is 28.8 Å². The molecule has 1 heterocycles. The van der Waals surface area contributed by atoms with E-state index in [2.05, 4.69) is 10.6 Å². The summed E-state index contributed by atoms with van der Waals surface area (Å²) in [6.45, 7) is 2.57. The fourth-order valence-corrected chi connectivity index (χ4v) is 2.32. The summed E-state index contributed by atoms with van der Waals surface area (Å²) in [4.78, 5) is 25.0. The van der Waals surface area contributed by atoms with Gasteiger partial charge in [-0.05, 0) is 31.7 Å². The number of carbonyl (C=O) groups is 2. The molecule has 2 rings (SSSR count). The topological polar surface area (TPSA) is 61.4 Å². The number of carbonyl (C=O) groups excluding carboxylic acids is 2. The molecule has 0 radical (unpaired) electrons. The van der Waals surface area contributed by atoms with Gasteiger partial charge in [0.25, 0.3) is 0 Å². The van der Waals surface area contributed by atoms with Gasteiger partial charge in [0, 0.05) is 17.3 Å². The van der Waals surface area contributed by atoms with Crippen LogP contribution in [0, 0.1) is 0 Å². The number of amides is 2. The number of halogens is 1. The predicted molar refractivity (Wildman–Crippen MR) is 74.2 cm³/mol. The van der Waals surface area contributed by atoms with Crippen LogP contribution in [0.25, 0.3) is 0 Å². The van der Waals surface area contributed by atoms with Gasteiger partial charge in [-0.2, -0.15) is 0 Å². The average molecular weight is 282 g/mol. The minimum Gasteiger partial charge on any atom is -0.350 e. The number of imide groups is 1. The van der Waals surface area contributed by atoms with E-state index < -0.39 is 6.04 Å². The normalized spacial score (nSPS) is 19.5. The van der Waals surface area contributed by atoms with Crippen molar-refractivity contribution in [2.24, 2.45) is 0 Å². The molecule has 1 aliphatic heterocycles. The van der Waals surface area contributed by atoms with Crippen molar-refractivity contribution in [3.8, 4) is 0 Å². The molecule has 1 saturated heterocycles. The third kappa shape index (κ3) is 2.88. The molecule has 1 aromatic rings. The highest BCUT2D eigenvalue weighted by Gasteiger charge is 2.31. The van der Waals surface area contributed by atoms with Crippen LogP contribution in [0.3, 0.4) is 0 Å². The fraction of sp³-hybridized carbons (Fsp3) is 0.385. The molecule has 1 aromatic carbocycles.